The summed E-state index contributed by atoms with van der Waals surface area (Å²) in [4.78, 5) is 0. The van der Waals surface area contributed by atoms with Crippen molar-refractivity contribution >= 4 is 0 Å². The summed E-state index contributed by atoms with van der Waals surface area (Å²) >= 11 is 0. The molecule has 92 valence electrons. The van der Waals surface area contributed by atoms with E-state index < -0.39 is 5.79 Å². The number of ether oxygens (including phenoxy) is 2. The van der Waals surface area contributed by atoms with Gasteiger partial charge in [-0.05, 0) is 33.6 Å². The molecule has 1 fully saturated rings. The van der Waals surface area contributed by atoms with Crippen molar-refractivity contribution in [3.05, 3.63) is 24.3 Å². The van der Waals surface area contributed by atoms with Gasteiger partial charge < -0.3 is 14.6 Å². The molecule has 0 aromatic rings. The quantitative estimate of drug-likeness (QED) is 0.732. The van der Waals surface area contributed by atoms with Gasteiger partial charge in [-0.25, -0.2) is 0 Å². The van der Waals surface area contributed by atoms with Crippen LogP contribution in [-0.2, 0) is 9.47 Å². The Morgan fingerprint density at radius 3 is 2.62 bits per heavy atom. The van der Waals surface area contributed by atoms with Gasteiger partial charge in [0, 0.05) is 6.61 Å². The first-order chi connectivity index (χ1) is 7.59. The first-order valence-corrected chi connectivity index (χ1v) is 5.85. The summed E-state index contributed by atoms with van der Waals surface area (Å²) in [5.41, 5.74) is 0. The number of allylic oxidation sites excluding steroid dienone is 3. The van der Waals surface area contributed by atoms with E-state index >= 15 is 0 Å². The monoisotopic (exact) mass is 226 g/mol. The Hall–Kier alpha value is -0.640. The minimum Gasteiger partial charge on any atom is -0.396 e. The molecule has 0 aliphatic carbocycles. The summed E-state index contributed by atoms with van der Waals surface area (Å²) in [6.45, 7) is 6.01. The number of rotatable bonds is 5. The van der Waals surface area contributed by atoms with Gasteiger partial charge in [0.25, 0.3) is 0 Å². The van der Waals surface area contributed by atoms with Crippen molar-refractivity contribution < 1.29 is 14.6 Å². The largest absolute Gasteiger partial charge is 0.396 e. The number of hydrogen-bond donors (Lipinski definition) is 1. The van der Waals surface area contributed by atoms with Crippen LogP contribution >= 0.6 is 0 Å². The second-order valence-corrected chi connectivity index (χ2v) is 4.42. The smallest absolute Gasteiger partial charge is 0.164 e. The molecule has 0 bridgehead atoms. The van der Waals surface area contributed by atoms with E-state index in [9.17, 15) is 0 Å². The molecule has 3 nitrogen and oxygen atoms in total. The van der Waals surface area contributed by atoms with E-state index in [4.69, 9.17) is 14.6 Å². The van der Waals surface area contributed by atoms with Crippen molar-refractivity contribution in [2.24, 2.45) is 0 Å². The normalized spacial score (nSPS) is 29.5. The molecule has 0 aromatic carbocycles. The maximum absolute atomic E-state index is 8.83. The van der Waals surface area contributed by atoms with Gasteiger partial charge in [-0.3, -0.25) is 0 Å². The summed E-state index contributed by atoms with van der Waals surface area (Å²) in [5, 5.41) is 8.83. The maximum Gasteiger partial charge on any atom is 0.164 e. The van der Waals surface area contributed by atoms with Crippen LogP contribution in [0.1, 0.15) is 33.6 Å². The van der Waals surface area contributed by atoms with Crippen LogP contribution in [-0.4, -0.2) is 29.7 Å². The standard InChI is InChI=1S/C13H22O3/c1-4-5-6-8-11-12(9-7-10-14)16-13(2,3)15-11/h4-6,8,11-12,14H,7,9-10H2,1-3H3/b5-4+,8-6-/t11-,12-/m0/s1. The van der Waals surface area contributed by atoms with Gasteiger partial charge in [0.2, 0.25) is 0 Å². The van der Waals surface area contributed by atoms with Crippen molar-refractivity contribution in [2.75, 3.05) is 6.61 Å². The van der Waals surface area contributed by atoms with Crippen LogP contribution in [0.5, 0.6) is 0 Å². The molecule has 2 atom stereocenters. The summed E-state index contributed by atoms with van der Waals surface area (Å²) < 4.78 is 11.6. The minimum atomic E-state index is -0.523. The van der Waals surface area contributed by atoms with E-state index in [2.05, 4.69) is 0 Å². The van der Waals surface area contributed by atoms with E-state index in [1.54, 1.807) is 0 Å². The Balaban J connectivity index is 2.57. The Morgan fingerprint density at radius 2 is 2.00 bits per heavy atom. The second kappa shape index (κ2) is 6.18. The predicted octanol–water partition coefficient (Wildman–Crippen LogP) is 2.41. The highest BCUT2D eigenvalue weighted by Crippen LogP contribution is 2.31. The molecule has 0 unspecified atom stereocenters. The number of hydrogen-bond acceptors (Lipinski definition) is 3. The maximum atomic E-state index is 8.83. The van der Waals surface area contributed by atoms with Gasteiger partial charge in [-0.1, -0.05) is 24.3 Å². The van der Waals surface area contributed by atoms with E-state index in [0.717, 1.165) is 12.8 Å². The first-order valence-electron chi connectivity index (χ1n) is 5.85. The third kappa shape index (κ3) is 4.08. The predicted molar refractivity (Wildman–Crippen MR) is 64.1 cm³/mol. The number of aliphatic hydroxyl groups excluding tert-OH is 1. The van der Waals surface area contributed by atoms with Crippen molar-refractivity contribution in [1.82, 2.24) is 0 Å². The zero-order valence-electron chi connectivity index (χ0n) is 10.3. The van der Waals surface area contributed by atoms with E-state index in [1.807, 2.05) is 45.1 Å². The van der Waals surface area contributed by atoms with Gasteiger partial charge >= 0.3 is 0 Å². The Morgan fingerprint density at radius 1 is 1.25 bits per heavy atom. The molecule has 1 N–H and O–H groups in total. The highest BCUT2D eigenvalue weighted by atomic mass is 16.7. The van der Waals surface area contributed by atoms with Crippen molar-refractivity contribution in [1.29, 1.82) is 0 Å². The fourth-order valence-electron chi connectivity index (χ4n) is 1.83. The molecule has 3 heteroatoms. The Kier molecular flexibility index (Phi) is 5.19. The van der Waals surface area contributed by atoms with Gasteiger partial charge in [0.05, 0.1) is 6.10 Å². The van der Waals surface area contributed by atoms with Gasteiger partial charge in [0.1, 0.15) is 6.10 Å². The summed E-state index contributed by atoms with van der Waals surface area (Å²) in [5.74, 6) is -0.523. The average Bonchev–Trinajstić information content (AvgIpc) is 2.51. The SMILES string of the molecule is C/C=C/C=C\[C@@H]1OC(C)(C)O[C@H]1CCCO. The summed E-state index contributed by atoms with van der Waals surface area (Å²) in [7, 11) is 0. The molecule has 1 saturated heterocycles. The third-order valence-electron chi connectivity index (χ3n) is 2.47. The molecule has 1 rings (SSSR count). The Labute approximate surface area is 97.8 Å². The zero-order valence-corrected chi connectivity index (χ0v) is 10.3. The molecule has 1 aliphatic rings. The first kappa shape index (κ1) is 13.4. The highest BCUT2D eigenvalue weighted by Gasteiger charge is 2.39. The molecule has 0 spiro atoms. The minimum absolute atomic E-state index is 0.0160. The molecule has 0 aromatic heterocycles. The van der Waals surface area contributed by atoms with Crippen molar-refractivity contribution in [2.45, 2.75) is 51.6 Å². The molecule has 1 aliphatic heterocycles. The van der Waals surface area contributed by atoms with Gasteiger partial charge in [-0.2, -0.15) is 0 Å². The van der Waals surface area contributed by atoms with E-state index in [1.165, 1.54) is 0 Å². The van der Waals surface area contributed by atoms with E-state index in [-0.39, 0.29) is 18.8 Å². The van der Waals surface area contributed by atoms with E-state index in [0.29, 0.717) is 0 Å². The van der Waals surface area contributed by atoms with Crippen LogP contribution in [0.2, 0.25) is 0 Å². The van der Waals surface area contributed by atoms with Crippen LogP contribution in [0.4, 0.5) is 0 Å². The second-order valence-electron chi connectivity index (χ2n) is 4.42. The molecule has 0 saturated carbocycles. The molecular formula is C13H22O3. The fourth-order valence-corrected chi connectivity index (χ4v) is 1.83. The lowest BCUT2D eigenvalue weighted by Crippen LogP contribution is -2.21. The number of aliphatic hydroxyl groups is 1. The molecule has 0 amide bonds. The lowest BCUT2D eigenvalue weighted by Gasteiger charge is -2.16. The van der Waals surface area contributed by atoms with Gasteiger partial charge in [-0.15, -0.1) is 0 Å². The fraction of sp³-hybridized carbons (Fsp3) is 0.692. The lowest BCUT2D eigenvalue weighted by atomic mass is 10.1. The molecule has 16 heavy (non-hydrogen) atoms. The zero-order chi connectivity index (χ0) is 12.0. The van der Waals surface area contributed by atoms with Crippen LogP contribution in [0, 0.1) is 0 Å². The van der Waals surface area contributed by atoms with Crippen LogP contribution in [0.3, 0.4) is 0 Å². The van der Waals surface area contributed by atoms with Crippen LogP contribution in [0.15, 0.2) is 24.3 Å². The topological polar surface area (TPSA) is 38.7 Å². The van der Waals surface area contributed by atoms with Crippen LogP contribution < -0.4 is 0 Å². The van der Waals surface area contributed by atoms with Crippen LogP contribution in [0.25, 0.3) is 0 Å². The average molecular weight is 226 g/mol. The molecule has 1 heterocycles. The van der Waals surface area contributed by atoms with Crippen molar-refractivity contribution in [3.63, 3.8) is 0 Å². The molecule has 0 radical (unpaired) electrons. The molecular weight excluding hydrogens is 204 g/mol. The summed E-state index contributed by atoms with van der Waals surface area (Å²) in [6, 6.07) is 0. The third-order valence-corrected chi connectivity index (χ3v) is 2.47. The van der Waals surface area contributed by atoms with Gasteiger partial charge in [0.15, 0.2) is 5.79 Å². The Bertz CT molecular complexity index is 256. The highest BCUT2D eigenvalue weighted by molar-refractivity contribution is 5.07. The summed E-state index contributed by atoms with van der Waals surface area (Å²) in [6.07, 6.45) is 9.53. The van der Waals surface area contributed by atoms with Crippen molar-refractivity contribution in [3.8, 4) is 0 Å². The lowest BCUT2D eigenvalue weighted by molar-refractivity contribution is -0.143.